The van der Waals surface area contributed by atoms with E-state index in [2.05, 4.69) is 25.9 Å². The van der Waals surface area contributed by atoms with Crippen molar-refractivity contribution in [2.24, 2.45) is 0 Å². The molecular weight excluding hydrogens is 387 g/mol. The summed E-state index contributed by atoms with van der Waals surface area (Å²) in [6.45, 7) is -6.25. The Morgan fingerprint density at radius 2 is 0.957 bits per heavy atom. The topological polar surface area (TPSA) is 27.7 Å². The number of halogens is 9. The minimum atomic E-state index is -4.97. The van der Waals surface area contributed by atoms with Crippen molar-refractivity contribution in [2.45, 2.75) is 31.0 Å². The lowest BCUT2D eigenvalue weighted by atomic mass is 10.6. The second-order valence-electron chi connectivity index (χ2n) is 4.22. The molecule has 0 aromatic heterocycles. The van der Waals surface area contributed by atoms with Crippen LogP contribution in [0.2, 0.25) is 6.04 Å². The molecule has 0 radical (unpaired) electrons. The molecule has 0 aromatic carbocycles. The zero-order valence-electron chi connectivity index (χ0n) is 11.3. The Labute approximate surface area is 131 Å². The number of rotatable bonds is 9. The predicted octanol–water partition coefficient (Wildman–Crippen LogP) is 3.98. The van der Waals surface area contributed by atoms with Crippen LogP contribution < -0.4 is 0 Å². The zero-order valence-corrected chi connectivity index (χ0v) is 13.2. The van der Waals surface area contributed by atoms with E-state index in [1.165, 1.54) is 0 Å². The van der Waals surface area contributed by atoms with Crippen LogP contribution in [-0.2, 0) is 13.3 Å². The van der Waals surface area contributed by atoms with Crippen molar-refractivity contribution in [1.82, 2.24) is 0 Å². The van der Waals surface area contributed by atoms with E-state index in [1.807, 2.05) is 0 Å². The maximum Gasteiger partial charge on any atom is 0.501 e. The molecule has 0 aliphatic rings. The molecule has 0 fully saturated rings. The molecule has 0 atom stereocenters. The summed E-state index contributed by atoms with van der Waals surface area (Å²) in [6, 6.07) is -0.668. The van der Waals surface area contributed by atoms with E-state index < -0.39 is 53.2 Å². The molecule has 0 rings (SSSR count). The van der Waals surface area contributed by atoms with Crippen LogP contribution in [0.25, 0.3) is 0 Å². The molecule has 14 heteroatoms. The quantitative estimate of drug-likeness (QED) is 0.361. The fourth-order valence-electron chi connectivity index (χ4n) is 1.21. The van der Waals surface area contributed by atoms with Crippen LogP contribution in [0.5, 0.6) is 0 Å². The SMILES string of the molecule is FC(F)(F)CO[Si](CCCS)(OCC(F)(F)F)OCC(F)(F)F. The van der Waals surface area contributed by atoms with Crippen LogP contribution in [0, 0.1) is 0 Å². The van der Waals surface area contributed by atoms with Gasteiger partial charge in [0, 0.05) is 6.04 Å². The maximum atomic E-state index is 12.2. The molecule has 0 aliphatic heterocycles. The maximum absolute atomic E-state index is 12.2. The largest absolute Gasteiger partial charge is 0.501 e. The minimum absolute atomic E-state index is 0.0190. The first-order valence-electron chi connectivity index (χ1n) is 5.91. The van der Waals surface area contributed by atoms with Crippen molar-refractivity contribution in [1.29, 1.82) is 0 Å². The fraction of sp³-hybridized carbons (Fsp3) is 1.00. The van der Waals surface area contributed by atoms with E-state index in [1.54, 1.807) is 0 Å². The molecule has 0 N–H and O–H groups in total. The minimum Gasteiger partial charge on any atom is -0.364 e. The average molecular weight is 400 g/mol. The zero-order chi connectivity index (χ0) is 18.4. The number of alkyl halides is 9. The molecule has 3 nitrogen and oxygen atoms in total. The van der Waals surface area contributed by atoms with Gasteiger partial charge >= 0.3 is 27.3 Å². The van der Waals surface area contributed by atoms with Crippen molar-refractivity contribution in [3.05, 3.63) is 0 Å². The van der Waals surface area contributed by atoms with Gasteiger partial charge in [0.1, 0.15) is 19.8 Å². The lowest BCUT2D eigenvalue weighted by molar-refractivity contribution is -0.194. The van der Waals surface area contributed by atoms with E-state index >= 15 is 0 Å². The lowest BCUT2D eigenvalue weighted by Crippen LogP contribution is -2.51. The fourth-order valence-corrected chi connectivity index (χ4v) is 4.11. The van der Waals surface area contributed by atoms with E-state index in [9.17, 15) is 39.5 Å². The van der Waals surface area contributed by atoms with Crippen LogP contribution >= 0.6 is 12.6 Å². The summed E-state index contributed by atoms with van der Waals surface area (Å²) < 4.78 is 122. The van der Waals surface area contributed by atoms with E-state index in [0.29, 0.717) is 0 Å². The summed E-state index contributed by atoms with van der Waals surface area (Å²) >= 11 is 3.70. The summed E-state index contributed by atoms with van der Waals surface area (Å²) in [5.41, 5.74) is 0. The van der Waals surface area contributed by atoms with E-state index in [4.69, 9.17) is 0 Å². The van der Waals surface area contributed by atoms with Gasteiger partial charge in [-0.25, -0.2) is 0 Å². The molecular formula is C9H13F9O3SSi. The Morgan fingerprint density at radius 3 is 1.17 bits per heavy atom. The molecule has 0 saturated carbocycles. The summed E-state index contributed by atoms with van der Waals surface area (Å²) in [4.78, 5) is 0. The smallest absolute Gasteiger partial charge is 0.364 e. The third kappa shape index (κ3) is 12.9. The molecule has 0 aromatic rings. The molecule has 0 heterocycles. The predicted molar refractivity (Wildman–Crippen MR) is 65.1 cm³/mol. The molecule has 0 spiro atoms. The first kappa shape index (κ1) is 22.8. The molecule has 23 heavy (non-hydrogen) atoms. The van der Waals surface area contributed by atoms with Crippen LogP contribution in [0.3, 0.4) is 0 Å². The Kier molecular flexibility index (Phi) is 8.71. The molecule has 0 unspecified atom stereocenters. The molecule has 0 saturated heterocycles. The highest BCUT2D eigenvalue weighted by Crippen LogP contribution is 2.28. The van der Waals surface area contributed by atoms with Gasteiger partial charge < -0.3 is 13.3 Å². The van der Waals surface area contributed by atoms with Gasteiger partial charge in [-0.2, -0.15) is 52.1 Å². The average Bonchev–Trinajstić information content (AvgIpc) is 2.34. The summed E-state index contributed by atoms with van der Waals surface area (Å²) in [5, 5.41) is 0. The van der Waals surface area contributed by atoms with Crippen molar-refractivity contribution >= 4 is 21.4 Å². The van der Waals surface area contributed by atoms with Crippen LogP contribution in [0.1, 0.15) is 6.42 Å². The summed E-state index contributed by atoms with van der Waals surface area (Å²) in [5.74, 6) is -0.0190. The van der Waals surface area contributed by atoms with Crippen molar-refractivity contribution < 1.29 is 52.8 Å². The van der Waals surface area contributed by atoms with Gasteiger partial charge in [0.05, 0.1) is 0 Å². The highest BCUT2D eigenvalue weighted by molar-refractivity contribution is 7.80. The molecule has 140 valence electrons. The second-order valence-corrected chi connectivity index (χ2v) is 7.40. The van der Waals surface area contributed by atoms with Crippen LogP contribution in [-0.4, -0.2) is 52.9 Å². The first-order valence-corrected chi connectivity index (χ1v) is 8.47. The van der Waals surface area contributed by atoms with Gasteiger partial charge in [0.15, 0.2) is 0 Å². The Morgan fingerprint density at radius 1 is 0.652 bits per heavy atom. The normalized spacial score (nSPS) is 14.3. The van der Waals surface area contributed by atoms with E-state index in [-0.39, 0.29) is 12.2 Å². The number of thiol groups is 1. The van der Waals surface area contributed by atoms with Gasteiger partial charge in [0.25, 0.3) is 0 Å². The monoisotopic (exact) mass is 400 g/mol. The number of hydrogen-bond donors (Lipinski definition) is 1. The Hall–Kier alpha value is -0.183. The molecule has 0 aliphatic carbocycles. The van der Waals surface area contributed by atoms with Gasteiger partial charge in [-0.05, 0) is 12.2 Å². The van der Waals surface area contributed by atoms with E-state index in [0.717, 1.165) is 0 Å². The summed E-state index contributed by atoms with van der Waals surface area (Å²) in [6.07, 6.45) is -15.1. The van der Waals surface area contributed by atoms with Gasteiger partial charge in [-0.1, -0.05) is 0 Å². The van der Waals surface area contributed by atoms with Gasteiger partial charge in [-0.15, -0.1) is 0 Å². The third-order valence-corrected chi connectivity index (χ3v) is 5.04. The Bertz CT molecular complexity index is 299. The standard InChI is InChI=1S/C9H13F9O3SSi/c10-7(11,12)4-19-23(3-1-2-22,20-5-8(13,14)15)21-6-9(16,17)18/h22H,1-6H2. The highest BCUT2D eigenvalue weighted by atomic mass is 32.1. The summed E-state index contributed by atoms with van der Waals surface area (Å²) in [7, 11) is -4.85. The first-order chi connectivity index (χ1) is 10.2. The van der Waals surface area contributed by atoms with Crippen LogP contribution in [0.4, 0.5) is 39.5 Å². The van der Waals surface area contributed by atoms with Crippen molar-refractivity contribution in [3.63, 3.8) is 0 Å². The third-order valence-electron chi connectivity index (χ3n) is 2.01. The second kappa shape index (κ2) is 8.78. The van der Waals surface area contributed by atoms with Gasteiger partial charge in [-0.3, -0.25) is 0 Å². The highest BCUT2D eigenvalue weighted by Gasteiger charge is 2.49. The number of hydrogen-bond acceptors (Lipinski definition) is 4. The van der Waals surface area contributed by atoms with Gasteiger partial charge in [0.2, 0.25) is 0 Å². The Balaban J connectivity index is 5.16. The molecule has 0 bridgehead atoms. The van der Waals surface area contributed by atoms with Crippen molar-refractivity contribution in [2.75, 3.05) is 25.6 Å². The van der Waals surface area contributed by atoms with Crippen molar-refractivity contribution in [3.8, 4) is 0 Å². The lowest BCUT2D eigenvalue weighted by Gasteiger charge is -2.30. The molecule has 0 amide bonds. The van der Waals surface area contributed by atoms with Crippen LogP contribution in [0.15, 0.2) is 0 Å².